The lowest BCUT2D eigenvalue weighted by Crippen LogP contribution is -2.41. The molecule has 1 aliphatic heterocycles. The van der Waals surface area contributed by atoms with E-state index in [-0.39, 0.29) is 18.0 Å². The van der Waals surface area contributed by atoms with Gasteiger partial charge >= 0.3 is 6.09 Å². The molecular formula is C17H20ClFN2O2. The summed E-state index contributed by atoms with van der Waals surface area (Å²) in [4.78, 5) is 13.3. The van der Waals surface area contributed by atoms with Crippen LogP contribution in [0.25, 0.3) is 0 Å². The average Bonchev–Trinajstić information content (AvgIpc) is 3.12. The Hall–Kier alpha value is -1.80. The molecule has 1 saturated heterocycles. The van der Waals surface area contributed by atoms with Crippen LogP contribution in [0.1, 0.15) is 27.2 Å². The number of likely N-dealkylation sites (tertiary alicyclic amines) is 1. The molecule has 1 aromatic carbocycles. The number of hydrogen-bond donors (Lipinski definition) is 0. The van der Waals surface area contributed by atoms with Crippen LogP contribution in [0.4, 0.5) is 9.18 Å². The van der Waals surface area contributed by atoms with Crippen LogP contribution in [0.3, 0.4) is 0 Å². The number of hydrogen-bond acceptors (Lipinski definition) is 3. The Balaban J connectivity index is 0.000000203. The standard InChI is InChI=1S/C11H16N2O2.C6H4ClF/c1-11(2,3)15-10(14)13-6-7-4-8(7)9(13)5-12;7-5-1-3-6(8)4-2-5/h7-9H,4,6H2,1-3H3;1-4H. The monoisotopic (exact) mass is 338 g/mol. The molecule has 1 aromatic rings. The highest BCUT2D eigenvalue weighted by molar-refractivity contribution is 6.30. The fourth-order valence-electron chi connectivity index (χ4n) is 2.57. The fraction of sp³-hybridized carbons (Fsp3) is 0.529. The zero-order valence-corrected chi connectivity index (χ0v) is 14.2. The van der Waals surface area contributed by atoms with Gasteiger partial charge < -0.3 is 4.74 Å². The molecule has 1 aliphatic carbocycles. The smallest absolute Gasteiger partial charge is 0.411 e. The second kappa shape index (κ2) is 6.76. The SMILES string of the molecule is CC(C)(C)OC(=O)N1CC2CC2C1C#N.Fc1ccc(Cl)cc1. The van der Waals surface area contributed by atoms with Crippen molar-refractivity contribution < 1.29 is 13.9 Å². The van der Waals surface area contributed by atoms with Gasteiger partial charge in [-0.05, 0) is 63.3 Å². The lowest BCUT2D eigenvalue weighted by atomic mass is 10.2. The first-order valence-corrected chi connectivity index (χ1v) is 7.89. The third-order valence-corrected chi connectivity index (χ3v) is 3.97. The maximum absolute atomic E-state index is 12.0. The Morgan fingerprint density at radius 1 is 1.39 bits per heavy atom. The molecule has 1 heterocycles. The Bertz CT molecular complexity index is 586. The largest absolute Gasteiger partial charge is 0.444 e. The van der Waals surface area contributed by atoms with Crippen molar-refractivity contribution in [2.24, 2.45) is 11.8 Å². The highest BCUT2D eigenvalue weighted by Crippen LogP contribution is 2.49. The predicted molar refractivity (Wildman–Crippen MR) is 85.3 cm³/mol. The number of rotatable bonds is 0. The highest BCUT2D eigenvalue weighted by atomic mass is 35.5. The van der Waals surface area contributed by atoms with Crippen LogP contribution in [0.2, 0.25) is 5.02 Å². The molecule has 6 heteroatoms. The van der Waals surface area contributed by atoms with E-state index >= 15 is 0 Å². The van der Waals surface area contributed by atoms with E-state index < -0.39 is 5.60 Å². The van der Waals surface area contributed by atoms with E-state index in [0.29, 0.717) is 23.4 Å². The van der Waals surface area contributed by atoms with Gasteiger partial charge in [-0.25, -0.2) is 9.18 Å². The van der Waals surface area contributed by atoms with Gasteiger partial charge in [-0.15, -0.1) is 0 Å². The summed E-state index contributed by atoms with van der Waals surface area (Å²) < 4.78 is 17.3. The molecule has 0 aromatic heterocycles. The van der Waals surface area contributed by atoms with Crippen molar-refractivity contribution in [3.05, 3.63) is 35.1 Å². The maximum atomic E-state index is 12.0. The number of fused-ring (bicyclic) bond motifs is 1. The lowest BCUT2D eigenvalue weighted by Gasteiger charge is -2.27. The van der Waals surface area contributed by atoms with E-state index in [2.05, 4.69) is 6.07 Å². The maximum Gasteiger partial charge on any atom is 0.411 e. The normalized spacial score (nSPS) is 24.9. The van der Waals surface area contributed by atoms with E-state index in [9.17, 15) is 9.18 Å². The van der Waals surface area contributed by atoms with Crippen molar-refractivity contribution in [3.63, 3.8) is 0 Å². The molecule has 3 atom stereocenters. The Kier molecular flexibility index (Phi) is 5.16. The average molecular weight is 339 g/mol. The first-order chi connectivity index (χ1) is 10.7. The van der Waals surface area contributed by atoms with Gasteiger partial charge in [0.2, 0.25) is 0 Å². The van der Waals surface area contributed by atoms with Crippen LogP contribution in [-0.2, 0) is 4.74 Å². The van der Waals surface area contributed by atoms with Gasteiger partial charge in [0.25, 0.3) is 0 Å². The van der Waals surface area contributed by atoms with Crippen molar-refractivity contribution in [3.8, 4) is 6.07 Å². The molecule has 0 radical (unpaired) electrons. The number of amides is 1. The van der Waals surface area contributed by atoms with Gasteiger partial charge in [-0.3, -0.25) is 4.90 Å². The molecule has 124 valence electrons. The van der Waals surface area contributed by atoms with E-state index in [1.807, 2.05) is 20.8 Å². The molecule has 3 rings (SSSR count). The number of nitriles is 1. The zero-order chi connectivity index (χ0) is 17.2. The molecule has 1 amide bonds. The van der Waals surface area contributed by atoms with Crippen LogP contribution in [0.5, 0.6) is 0 Å². The lowest BCUT2D eigenvalue weighted by molar-refractivity contribution is 0.0233. The summed E-state index contributed by atoms with van der Waals surface area (Å²) in [5, 5.41) is 9.54. The Morgan fingerprint density at radius 2 is 2.00 bits per heavy atom. The van der Waals surface area contributed by atoms with Crippen molar-refractivity contribution in [2.75, 3.05) is 6.54 Å². The molecule has 0 bridgehead atoms. The predicted octanol–water partition coefficient (Wildman–Crippen LogP) is 4.24. The third kappa shape index (κ3) is 4.84. The third-order valence-electron chi connectivity index (χ3n) is 3.71. The van der Waals surface area contributed by atoms with Gasteiger partial charge in [0.05, 0.1) is 6.07 Å². The number of piperidine rings is 1. The molecule has 2 fully saturated rings. The highest BCUT2D eigenvalue weighted by Gasteiger charge is 2.55. The van der Waals surface area contributed by atoms with Crippen LogP contribution < -0.4 is 0 Å². The van der Waals surface area contributed by atoms with Gasteiger partial charge in [0.1, 0.15) is 17.5 Å². The van der Waals surface area contributed by atoms with E-state index in [1.54, 1.807) is 4.90 Å². The summed E-state index contributed by atoms with van der Waals surface area (Å²) in [6.45, 7) is 6.20. The first-order valence-electron chi connectivity index (χ1n) is 7.51. The molecule has 3 unspecified atom stereocenters. The van der Waals surface area contributed by atoms with Gasteiger partial charge in [-0.1, -0.05) is 11.6 Å². The minimum atomic E-state index is -0.482. The van der Waals surface area contributed by atoms with Gasteiger partial charge in [0.15, 0.2) is 0 Å². The van der Waals surface area contributed by atoms with E-state index in [0.717, 1.165) is 6.42 Å². The molecule has 1 saturated carbocycles. The van der Waals surface area contributed by atoms with E-state index in [1.165, 1.54) is 24.3 Å². The van der Waals surface area contributed by atoms with Crippen LogP contribution >= 0.6 is 11.6 Å². The van der Waals surface area contributed by atoms with Crippen LogP contribution in [0.15, 0.2) is 24.3 Å². The number of carbonyl (C=O) groups is 1. The summed E-state index contributed by atoms with van der Waals surface area (Å²) in [6.07, 6.45) is 0.749. The van der Waals surface area contributed by atoms with Crippen LogP contribution in [0, 0.1) is 29.0 Å². The molecule has 0 spiro atoms. The topological polar surface area (TPSA) is 53.3 Å². The molecule has 2 aliphatic rings. The van der Waals surface area contributed by atoms with Crippen molar-refractivity contribution in [1.29, 1.82) is 5.26 Å². The Morgan fingerprint density at radius 3 is 2.48 bits per heavy atom. The fourth-order valence-corrected chi connectivity index (χ4v) is 2.69. The number of benzene rings is 1. The summed E-state index contributed by atoms with van der Waals surface area (Å²) in [5.41, 5.74) is -0.482. The second-order valence-corrected chi connectivity index (χ2v) is 7.24. The van der Waals surface area contributed by atoms with Crippen molar-refractivity contribution in [1.82, 2.24) is 4.90 Å². The number of nitrogens with zero attached hydrogens (tertiary/aromatic N) is 2. The first kappa shape index (κ1) is 17.6. The van der Waals surface area contributed by atoms with Crippen LogP contribution in [-0.4, -0.2) is 29.2 Å². The molecule has 4 nitrogen and oxygen atoms in total. The summed E-state index contributed by atoms with van der Waals surface area (Å²) in [7, 11) is 0. The summed E-state index contributed by atoms with van der Waals surface area (Å²) >= 11 is 5.44. The van der Waals surface area contributed by atoms with Crippen molar-refractivity contribution in [2.45, 2.75) is 38.8 Å². The van der Waals surface area contributed by atoms with Gasteiger partial charge in [0, 0.05) is 11.6 Å². The quantitative estimate of drug-likeness (QED) is 0.710. The van der Waals surface area contributed by atoms with Gasteiger partial charge in [-0.2, -0.15) is 5.26 Å². The zero-order valence-electron chi connectivity index (χ0n) is 13.4. The number of carbonyl (C=O) groups excluding carboxylic acids is 1. The molecule has 0 N–H and O–H groups in total. The Labute approximate surface area is 140 Å². The number of ether oxygens (including phenoxy) is 1. The minimum absolute atomic E-state index is 0.255. The summed E-state index contributed by atoms with van der Waals surface area (Å²) in [6, 6.07) is 7.60. The van der Waals surface area contributed by atoms with E-state index in [4.69, 9.17) is 21.6 Å². The molecular weight excluding hydrogens is 319 g/mol. The number of halogens is 2. The summed E-state index contributed by atoms with van der Waals surface area (Å²) in [5.74, 6) is 0.694. The molecule has 23 heavy (non-hydrogen) atoms. The second-order valence-electron chi connectivity index (χ2n) is 6.80. The minimum Gasteiger partial charge on any atom is -0.444 e. The van der Waals surface area contributed by atoms with Crippen molar-refractivity contribution >= 4 is 17.7 Å².